The standard InChI is InChI=1S/C7H8NS/c1-4-8-5-9-7(3)6(8)2/h1,5H,2-3H3/q+1. The Morgan fingerprint density at radius 3 is 2.56 bits per heavy atom. The van der Waals surface area contributed by atoms with Gasteiger partial charge in [-0.1, -0.05) is 11.3 Å². The van der Waals surface area contributed by atoms with Gasteiger partial charge in [-0.25, -0.2) is 0 Å². The maximum absolute atomic E-state index is 5.18. The Balaban J connectivity index is 3.24. The molecule has 0 radical (unpaired) electrons. The van der Waals surface area contributed by atoms with Crippen molar-refractivity contribution in [3.05, 3.63) is 16.1 Å². The molecule has 2 heteroatoms. The van der Waals surface area contributed by atoms with Crippen molar-refractivity contribution in [1.82, 2.24) is 0 Å². The van der Waals surface area contributed by atoms with Crippen molar-refractivity contribution in [3.8, 4) is 12.5 Å². The largest absolute Gasteiger partial charge is 0.240 e. The molecule has 0 N–H and O–H groups in total. The van der Waals surface area contributed by atoms with Gasteiger partial charge < -0.3 is 0 Å². The van der Waals surface area contributed by atoms with E-state index in [1.54, 1.807) is 15.9 Å². The number of rotatable bonds is 0. The van der Waals surface area contributed by atoms with Gasteiger partial charge in [-0.3, -0.25) is 0 Å². The molecule has 0 unspecified atom stereocenters. The molecular formula is C7H8NS+. The molecule has 0 aromatic carbocycles. The third-order valence-electron chi connectivity index (χ3n) is 1.34. The van der Waals surface area contributed by atoms with Gasteiger partial charge >= 0.3 is 0 Å². The lowest BCUT2D eigenvalue weighted by Crippen LogP contribution is -2.27. The van der Waals surface area contributed by atoms with Crippen molar-refractivity contribution < 1.29 is 4.57 Å². The van der Waals surface area contributed by atoms with Crippen LogP contribution in [0.25, 0.3) is 0 Å². The van der Waals surface area contributed by atoms with E-state index in [2.05, 4.69) is 13.0 Å². The first-order valence-corrected chi connectivity index (χ1v) is 3.56. The number of hydrogen-bond acceptors (Lipinski definition) is 1. The second kappa shape index (κ2) is 2.20. The molecule has 0 saturated heterocycles. The quantitative estimate of drug-likeness (QED) is 0.373. The van der Waals surface area contributed by atoms with Crippen LogP contribution in [0.2, 0.25) is 0 Å². The molecule has 0 aliphatic heterocycles. The number of aromatic nitrogens is 1. The van der Waals surface area contributed by atoms with E-state index < -0.39 is 0 Å². The Bertz CT molecular complexity index is 254. The molecule has 0 spiro atoms. The summed E-state index contributed by atoms with van der Waals surface area (Å²) < 4.78 is 1.79. The number of hydrogen-bond donors (Lipinski definition) is 0. The molecular weight excluding hydrogens is 130 g/mol. The second-order valence-electron chi connectivity index (χ2n) is 1.86. The molecule has 0 saturated carbocycles. The molecule has 1 aromatic heterocycles. The van der Waals surface area contributed by atoms with E-state index in [0.29, 0.717) is 0 Å². The summed E-state index contributed by atoms with van der Waals surface area (Å²) in [6.07, 6.45) is 5.18. The van der Waals surface area contributed by atoms with Gasteiger partial charge in [0.05, 0.1) is 4.88 Å². The van der Waals surface area contributed by atoms with Crippen LogP contribution < -0.4 is 4.57 Å². The summed E-state index contributed by atoms with van der Waals surface area (Å²) in [5.74, 6) is 0. The lowest BCUT2D eigenvalue weighted by molar-refractivity contribution is -0.585. The van der Waals surface area contributed by atoms with E-state index in [4.69, 9.17) is 6.42 Å². The summed E-state index contributed by atoms with van der Waals surface area (Å²) in [6.45, 7) is 4.08. The second-order valence-corrected chi connectivity index (χ2v) is 2.92. The van der Waals surface area contributed by atoms with E-state index >= 15 is 0 Å². The van der Waals surface area contributed by atoms with Gasteiger partial charge in [0.1, 0.15) is 0 Å². The van der Waals surface area contributed by atoms with Crippen LogP contribution in [0, 0.1) is 26.3 Å². The molecule has 1 heterocycles. The molecule has 1 rings (SSSR count). The van der Waals surface area contributed by atoms with Crippen LogP contribution in [-0.2, 0) is 0 Å². The molecule has 1 aromatic rings. The van der Waals surface area contributed by atoms with Gasteiger partial charge in [-0.15, -0.1) is 4.57 Å². The lowest BCUT2D eigenvalue weighted by Gasteiger charge is -1.77. The van der Waals surface area contributed by atoms with E-state index in [-0.39, 0.29) is 0 Å². The summed E-state index contributed by atoms with van der Waals surface area (Å²) in [4.78, 5) is 1.29. The zero-order valence-electron chi connectivity index (χ0n) is 5.51. The first-order valence-electron chi connectivity index (χ1n) is 2.68. The normalized spacial score (nSPS) is 9.00. The maximum atomic E-state index is 5.18. The molecule has 0 aliphatic carbocycles. The zero-order valence-corrected chi connectivity index (χ0v) is 6.33. The highest BCUT2D eigenvalue weighted by Crippen LogP contribution is 2.06. The summed E-state index contributed by atoms with van der Waals surface area (Å²) in [5, 5.41) is 0. The predicted molar refractivity (Wildman–Crippen MR) is 38.2 cm³/mol. The highest BCUT2D eigenvalue weighted by molar-refractivity contribution is 7.09. The highest BCUT2D eigenvalue weighted by atomic mass is 32.1. The molecule has 0 aliphatic rings. The molecule has 46 valence electrons. The van der Waals surface area contributed by atoms with E-state index in [0.717, 1.165) is 0 Å². The lowest BCUT2D eigenvalue weighted by atomic mass is 10.4. The molecule has 0 atom stereocenters. The maximum Gasteiger partial charge on any atom is 0.240 e. The SMILES string of the molecule is C#C[n+]1csc(C)c1C. The van der Waals surface area contributed by atoms with Gasteiger partial charge in [0.25, 0.3) is 0 Å². The minimum atomic E-state index is 1.17. The monoisotopic (exact) mass is 138 g/mol. The Kier molecular flexibility index (Phi) is 1.54. The number of aryl methyl sites for hydroxylation is 1. The van der Waals surface area contributed by atoms with Gasteiger partial charge in [0, 0.05) is 6.92 Å². The minimum absolute atomic E-state index is 1.17. The summed E-state index contributed by atoms with van der Waals surface area (Å²) in [5.41, 5.74) is 3.10. The molecule has 0 fully saturated rings. The third-order valence-corrected chi connectivity index (χ3v) is 2.31. The van der Waals surface area contributed by atoms with Crippen molar-refractivity contribution in [2.45, 2.75) is 13.8 Å². The van der Waals surface area contributed by atoms with Crippen molar-refractivity contribution in [2.24, 2.45) is 0 Å². The van der Waals surface area contributed by atoms with E-state index in [1.165, 1.54) is 10.6 Å². The summed E-state index contributed by atoms with van der Waals surface area (Å²) >= 11 is 1.68. The van der Waals surface area contributed by atoms with Crippen molar-refractivity contribution in [1.29, 1.82) is 0 Å². The fraction of sp³-hybridized carbons (Fsp3) is 0.286. The van der Waals surface area contributed by atoms with Crippen LogP contribution in [0.15, 0.2) is 5.51 Å². The Labute approximate surface area is 59.0 Å². The van der Waals surface area contributed by atoms with E-state index in [1.807, 2.05) is 12.4 Å². The Morgan fingerprint density at radius 1 is 1.67 bits per heavy atom. The summed E-state index contributed by atoms with van der Waals surface area (Å²) in [7, 11) is 0. The predicted octanol–water partition coefficient (Wildman–Crippen LogP) is 1.09. The van der Waals surface area contributed by atoms with Crippen LogP contribution in [0.5, 0.6) is 0 Å². The molecule has 0 bridgehead atoms. The van der Waals surface area contributed by atoms with Crippen LogP contribution >= 0.6 is 11.3 Å². The molecule has 0 amide bonds. The van der Waals surface area contributed by atoms with Crippen LogP contribution in [0.1, 0.15) is 10.6 Å². The third kappa shape index (κ3) is 0.962. The number of nitrogens with zero attached hydrogens (tertiary/aromatic N) is 1. The van der Waals surface area contributed by atoms with Crippen LogP contribution in [0.3, 0.4) is 0 Å². The van der Waals surface area contributed by atoms with Crippen LogP contribution in [-0.4, -0.2) is 0 Å². The van der Waals surface area contributed by atoms with Crippen LogP contribution in [0.4, 0.5) is 0 Å². The van der Waals surface area contributed by atoms with Crippen molar-refractivity contribution >= 4 is 11.3 Å². The summed E-state index contributed by atoms with van der Waals surface area (Å²) in [6, 6.07) is 2.54. The fourth-order valence-electron chi connectivity index (χ4n) is 0.593. The van der Waals surface area contributed by atoms with Gasteiger partial charge in [0.15, 0.2) is 0 Å². The van der Waals surface area contributed by atoms with Crippen molar-refractivity contribution in [3.63, 3.8) is 0 Å². The average Bonchev–Trinajstić information content (AvgIpc) is 2.15. The molecule has 1 nitrogen and oxygen atoms in total. The van der Waals surface area contributed by atoms with Gasteiger partial charge in [-0.05, 0) is 13.3 Å². The Hall–Kier alpha value is -0.810. The first-order chi connectivity index (χ1) is 4.25. The minimum Gasteiger partial charge on any atom is -0.105 e. The smallest absolute Gasteiger partial charge is 0.105 e. The average molecular weight is 138 g/mol. The van der Waals surface area contributed by atoms with Gasteiger partial charge in [-0.2, -0.15) is 0 Å². The molecule has 9 heavy (non-hydrogen) atoms. The first kappa shape index (κ1) is 6.31. The number of thiazole rings is 1. The van der Waals surface area contributed by atoms with Gasteiger partial charge in [0.2, 0.25) is 17.2 Å². The number of terminal acetylenes is 1. The fourth-order valence-corrected chi connectivity index (χ4v) is 1.34. The van der Waals surface area contributed by atoms with E-state index in [9.17, 15) is 0 Å². The zero-order chi connectivity index (χ0) is 6.85. The Morgan fingerprint density at radius 2 is 2.33 bits per heavy atom. The topological polar surface area (TPSA) is 3.88 Å². The van der Waals surface area contributed by atoms with Crippen molar-refractivity contribution in [2.75, 3.05) is 0 Å². The highest BCUT2D eigenvalue weighted by Gasteiger charge is 2.07.